The predicted octanol–water partition coefficient (Wildman–Crippen LogP) is 2.75. The molecule has 1 aromatic carbocycles. The largest absolute Gasteiger partial charge is 0.382 e. The van der Waals surface area contributed by atoms with Crippen LogP contribution in [0.4, 0.5) is 11.8 Å². The van der Waals surface area contributed by atoms with Crippen molar-refractivity contribution in [3.05, 3.63) is 28.2 Å². The van der Waals surface area contributed by atoms with Gasteiger partial charge in [0.25, 0.3) is 0 Å². The molecule has 1 aliphatic rings. The Morgan fingerprint density at radius 2 is 1.87 bits per heavy atom. The van der Waals surface area contributed by atoms with E-state index < -0.39 is 0 Å². The lowest BCUT2D eigenvalue weighted by molar-refractivity contribution is 0.361. The number of hydrogen-bond acceptors (Lipinski definition) is 6. The Morgan fingerprint density at radius 3 is 2.52 bits per heavy atom. The first-order valence-electron chi connectivity index (χ1n) is 7.36. The van der Waals surface area contributed by atoms with Crippen LogP contribution in [-0.4, -0.2) is 33.8 Å². The second kappa shape index (κ2) is 6.11. The molecule has 1 aromatic heterocycles. The van der Waals surface area contributed by atoms with Crippen LogP contribution >= 0.6 is 23.2 Å². The van der Waals surface area contributed by atoms with Crippen molar-refractivity contribution in [2.75, 3.05) is 23.7 Å². The first-order chi connectivity index (χ1) is 10.9. The standard InChI is InChI=1S/C15H18Cl2N6/c1-15(19)5-7-23(8-6-15)14-20-13(18)12(21-22-14)9-3-2-4-10(16)11(9)17/h2-4H,5-8,19H2,1H3,(H2,18,20,22). The van der Waals surface area contributed by atoms with Gasteiger partial charge in [0.05, 0.1) is 10.0 Å². The molecule has 23 heavy (non-hydrogen) atoms. The monoisotopic (exact) mass is 352 g/mol. The van der Waals surface area contributed by atoms with E-state index in [1.165, 1.54) is 0 Å². The zero-order chi connectivity index (χ0) is 16.6. The average Bonchev–Trinajstić information content (AvgIpc) is 2.50. The number of rotatable bonds is 2. The van der Waals surface area contributed by atoms with Crippen molar-refractivity contribution in [3.63, 3.8) is 0 Å². The number of anilines is 2. The second-order valence-electron chi connectivity index (χ2n) is 6.09. The molecule has 4 N–H and O–H groups in total. The molecule has 1 aliphatic heterocycles. The summed E-state index contributed by atoms with van der Waals surface area (Å²) in [6, 6.07) is 5.28. The minimum absolute atomic E-state index is 0.135. The molecule has 2 heterocycles. The van der Waals surface area contributed by atoms with Crippen LogP contribution in [0.2, 0.25) is 10.0 Å². The van der Waals surface area contributed by atoms with E-state index in [0.717, 1.165) is 25.9 Å². The van der Waals surface area contributed by atoms with Crippen molar-refractivity contribution in [1.29, 1.82) is 0 Å². The lowest BCUT2D eigenvalue weighted by atomic mass is 9.91. The van der Waals surface area contributed by atoms with E-state index in [1.54, 1.807) is 18.2 Å². The zero-order valence-electron chi connectivity index (χ0n) is 12.8. The highest BCUT2D eigenvalue weighted by atomic mass is 35.5. The van der Waals surface area contributed by atoms with Gasteiger partial charge >= 0.3 is 0 Å². The number of halogens is 2. The molecule has 0 spiro atoms. The predicted molar refractivity (Wildman–Crippen MR) is 93.7 cm³/mol. The molecule has 0 aliphatic carbocycles. The fourth-order valence-electron chi connectivity index (χ4n) is 2.56. The van der Waals surface area contributed by atoms with E-state index in [1.807, 2.05) is 4.90 Å². The molecular formula is C15H18Cl2N6. The van der Waals surface area contributed by atoms with E-state index in [2.05, 4.69) is 22.1 Å². The summed E-state index contributed by atoms with van der Waals surface area (Å²) in [6.45, 7) is 3.62. The number of hydrogen-bond donors (Lipinski definition) is 2. The molecule has 0 bridgehead atoms. The number of benzene rings is 1. The highest BCUT2D eigenvalue weighted by Gasteiger charge is 2.27. The Balaban J connectivity index is 1.88. The Bertz CT molecular complexity index is 724. The van der Waals surface area contributed by atoms with Crippen LogP contribution in [0.1, 0.15) is 19.8 Å². The van der Waals surface area contributed by atoms with Crippen LogP contribution in [0, 0.1) is 0 Å². The van der Waals surface area contributed by atoms with Crippen LogP contribution in [0.15, 0.2) is 18.2 Å². The lowest BCUT2D eigenvalue weighted by Gasteiger charge is -2.36. The van der Waals surface area contributed by atoms with Gasteiger partial charge in [-0.05, 0) is 25.8 Å². The summed E-state index contributed by atoms with van der Waals surface area (Å²) in [6.07, 6.45) is 1.75. The summed E-state index contributed by atoms with van der Waals surface area (Å²) in [5.41, 5.74) is 13.1. The van der Waals surface area contributed by atoms with E-state index >= 15 is 0 Å². The topological polar surface area (TPSA) is 94.0 Å². The maximum Gasteiger partial charge on any atom is 0.247 e. The number of piperidine rings is 1. The fourth-order valence-corrected chi connectivity index (χ4v) is 2.95. The molecule has 8 heteroatoms. The average molecular weight is 353 g/mol. The fraction of sp³-hybridized carbons (Fsp3) is 0.400. The summed E-state index contributed by atoms with van der Waals surface area (Å²) < 4.78 is 0. The Kier molecular flexibility index (Phi) is 4.31. The van der Waals surface area contributed by atoms with Crippen molar-refractivity contribution < 1.29 is 0 Å². The number of nitrogens with two attached hydrogens (primary N) is 2. The van der Waals surface area contributed by atoms with Gasteiger partial charge < -0.3 is 16.4 Å². The van der Waals surface area contributed by atoms with Crippen molar-refractivity contribution in [2.24, 2.45) is 5.73 Å². The molecule has 3 rings (SSSR count). The van der Waals surface area contributed by atoms with Gasteiger partial charge in [-0.15, -0.1) is 10.2 Å². The van der Waals surface area contributed by atoms with E-state index in [4.69, 9.17) is 34.7 Å². The van der Waals surface area contributed by atoms with Gasteiger partial charge in [-0.3, -0.25) is 0 Å². The van der Waals surface area contributed by atoms with Gasteiger partial charge in [0.15, 0.2) is 5.82 Å². The Morgan fingerprint density at radius 1 is 1.17 bits per heavy atom. The minimum Gasteiger partial charge on any atom is -0.382 e. The van der Waals surface area contributed by atoms with Gasteiger partial charge in [-0.1, -0.05) is 35.3 Å². The summed E-state index contributed by atoms with van der Waals surface area (Å²) in [5.74, 6) is 0.792. The van der Waals surface area contributed by atoms with E-state index in [0.29, 0.717) is 27.3 Å². The molecular weight excluding hydrogens is 335 g/mol. The number of nitrogens with zero attached hydrogens (tertiary/aromatic N) is 4. The molecule has 0 atom stereocenters. The maximum atomic E-state index is 6.21. The molecule has 0 saturated carbocycles. The smallest absolute Gasteiger partial charge is 0.247 e. The lowest BCUT2D eigenvalue weighted by Crippen LogP contribution is -2.48. The van der Waals surface area contributed by atoms with Crippen LogP contribution in [0.3, 0.4) is 0 Å². The third kappa shape index (κ3) is 3.34. The molecule has 2 aromatic rings. The molecule has 0 amide bonds. The molecule has 6 nitrogen and oxygen atoms in total. The molecule has 0 radical (unpaired) electrons. The highest BCUT2D eigenvalue weighted by Crippen LogP contribution is 2.34. The van der Waals surface area contributed by atoms with Gasteiger partial charge in [-0.25, -0.2) is 0 Å². The van der Waals surface area contributed by atoms with Gasteiger partial charge in [-0.2, -0.15) is 4.98 Å². The Labute approximate surface area is 144 Å². The first-order valence-corrected chi connectivity index (χ1v) is 8.11. The second-order valence-corrected chi connectivity index (χ2v) is 6.87. The number of aromatic nitrogens is 3. The summed E-state index contributed by atoms with van der Waals surface area (Å²) in [7, 11) is 0. The van der Waals surface area contributed by atoms with Crippen molar-refractivity contribution in [3.8, 4) is 11.3 Å². The molecule has 0 unspecified atom stereocenters. The SMILES string of the molecule is CC1(N)CCN(c2nnc(-c3cccc(Cl)c3Cl)c(N)n2)CC1. The molecule has 1 saturated heterocycles. The van der Waals surface area contributed by atoms with Gasteiger partial charge in [0, 0.05) is 24.2 Å². The maximum absolute atomic E-state index is 6.21. The highest BCUT2D eigenvalue weighted by molar-refractivity contribution is 6.43. The normalized spacial score (nSPS) is 17.3. The van der Waals surface area contributed by atoms with Crippen LogP contribution in [-0.2, 0) is 0 Å². The first kappa shape index (κ1) is 16.2. The number of nitrogen functional groups attached to an aromatic ring is 1. The van der Waals surface area contributed by atoms with E-state index in [-0.39, 0.29) is 11.4 Å². The molecule has 1 fully saturated rings. The third-order valence-corrected chi connectivity index (χ3v) is 4.92. The van der Waals surface area contributed by atoms with Crippen LogP contribution < -0.4 is 16.4 Å². The minimum atomic E-state index is -0.135. The summed E-state index contributed by atoms with van der Waals surface area (Å²) >= 11 is 12.2. The molecule has 122 valence electrons. The van der Waals surface area contributed by atoms with Crippen molar-refractivity contribution >= 4 is 35.0 Å². The van der Waals surface area contributed by atoms with Crippen LogP contribution in [0.25, 0.3) is 11.3 Å². The summed E-state index contributed by atoms with van der Waals surface area (Å²) in [4.78, 5) is 6.42. The quantitative estimate of drug-likeness (QED) is 0.862. The van der Waals surface area contributed by atoms with Gasteiger partial charge in [0.2, 0.25) is 5.95 Å². The van der Waals surface area contributed by atoms with Crippen LogP contribution in [0.5, 0.6) is 0 Å². The third-order valence-electron chi connectivity index (χ3n) is 4.10. The Hall–Kier alpha value is -1.63. The van der Waals surface area contributed by atoms with E-state index in [9.17, 15) is 0 Å². The van der Waals surface area contributed by atoms with Gasteiger partial charge in [0.1, 0.15) is 5.69 Å². The zero-order valence-corrected chi connectivity index (χ0v) is 14.3. The van der Waals surface area contributed by atoms with Crippen molar-refractivity contribution in [2.45, 2.75) is 25.3 Å². The van der Waals surface area contributed by atoms with Crippen molar-refractivity contribution in [1.82, 2.24) is 15.2 Å². The summed E-state index contributed by atoms with van der Waals surface area (Å²) in [5, 5.41) is 9.24.